The first-order chi connectivity index (χ1) is 29.3. The number of benzene rings is 5. The Kier molecular flexibility index (Phi) is 12.7. The van der Waals surface area contributed by atoms with Crippen LogP contribution in [0.5, 0.6) is 23.0 Å². The largest absolute Gasteiger partial charge is 0.493 e. The number of hydrogen-bond acceptors (Lipinski definition) is 12. The number of imide groups is 1. The summed E-state index contributed by atoms with van der Waals surface area (Å²) in [4.78, 5) is 70.2. The summed E-state index contributed by atoms with van der Waals surface area (Å²) in [5, 5.41) is 3.99. The number of hydrogen-bond donors (Lipinski definition) is 0. The van der Waals surface area contributed by atoms with Gasteiger partial charge in [-0.2, -0.15) is 0 Å². The molecule has 0 N–H and O–H groups in total. The molecule has 7 rings (SSSR count). The molecule has 0 saturated heterocycles. The van der Waals surface area contributed by atoms with E-state index in [1.54, 1.807) is 38.1 Å². The second kappa shape index (κ2) is 17.8. The zero-order valence-electron chi connectivity index (χ0n) is 36.4. The Morgan fingerprint density at radius 1 is 0.574 bits per heavy atom. The minimum atomic E-state index is -0.961. The number of ether oxygens (including phenoxy) is 7. The van der Waals surface area contributed by atoms with Crippen molar-refractivity contribution in [2.75, 3.05) is 46.2 Å². The highest BCUT2D eigenvalue weighted by Gasteiger charge is 2.40. The molecule has 2 aliphatic heterocycles. The third-order valence-corrected chi connectivity index (χ3v) is 11.4. The van der Waals surface area contributed by atoms with Gasteiger partial charge in [-0.05, 0) is 105 Å². The molecule has 0 bridgehead atoms. The van der Waals surface area contributed by atoms with Crippen LogP contribution in [0.15, 0.2) is 24.3 Å². The number of esters is 2. The minimum absolute atomic E-state index is 0.0335. The molecule has 0 saturated carbocycles. The van der Waals surface area contributed by atoms with Crippen LogP contribution in [0.3, 0.4) is 0 Å². The molecule has 0 radical (unpaired) electrons. The van der Waals surface area contributed by atoms with Crippen molar-refractivity contribution in [1.29, 1.82) is 0 Å². The summed E-state index contributed by atoms with van der Waals surface area (Å²) in [5.74, 6) is -1.16. The Morgan fingerprint density at radius 2 is 1.00 bits per heavy atom. The molecule has 5 aromatic rings. The van der Waals surface area contributed by atoms with Gasteiger partial charge in [0.15, 0.2) is 5.78 Å². The maximum absolute atomic E-state index is 14.6. The second-order valence-electron chi connectivity index (χ2n) is 16.1. The maximum Gasteiger partial charge on any atom is 0.346 e. The topological polar surface area (TPSA) is 153 Å². The number of carbonyl (C=O) groups excluding carboxylic acids is 5. The number of rotatable bonds is 22. The highest BCUT2D eigenvalue weighted by molar-refractivity contribution is 6.44. The Labute approximate surface area is 355 Å². The predicted octanol–water partition coefficient (Wildman–Crippen LogP) is 9.37. The number of carbonyl (C=O) groups is 5. The van der Waals surface area contributed by atoms with E-state index in [9.17, 15) is 24.0 Å². The van der Waals surface area contributed by atoms with Gasteiger partial charge in [0.1, 0.15) is 28.6 Å². The monoisotopic (exact) mass is 837 g/mol. The van der Waals surface area contributed by atoms with E-state index in [2.05, 4.69) is 0 Å². The molecule has 0 spiro atoms. The number of fused-ring (bicyclic) bond motifs is 2. The van der Waals surface area contributed by atoms with Crippen molar-refractivity contribution in [1.82, 2.24) is 4.90 Å². The Hall–Kier alpha value is -5.53. The van der Waals surface area contributed by atoms with Crippen LogP contribution in [-0.4, -0.2) is 92.3 Å². The van der Waals surface area contributed by atoms with Gasteiger partial charge in [-0.3, -0.25) is 19.3 Å². The van der Waals surface area contributed by atoms with Gasteiger partial charge in [0.25, 0.3) is 11.8 Å². The Morgan fingerprint density at radius 3 is 1.44 bits per heavy atom. The summed E-state index contributed by atoms with van der Waals surface area (Å²) < 4.78 is 42.1. The molecule has 2 amide bonds. The molecule has 61 heavy (non-hydrogen) atoms. The predicted molar refractivity (Wildman–Crippen MR) is 231 cm³/mol. The van der Waals surface area contributed by atoms with E-state index >= 15 is 0 Å². The average Bonchev–Trinajstić information content (AvgIpc) is 3.22. The molecular weight excluding hydrogens is 783 g/mol. The molecule has 0 atom stereocenters. The zero-order valence-corrected chi connectivity index (χ0v) is 36.4. The first-order valence-corrected chi connectivity index (χ1v) is 21.6. The molecule has 2 heterocycles. The van der Waals surface area contributed by atoms with Crippen molar-refractivity contribution in [3.63, 3.8) is 0 Å². The summed E-state index contributed by atoms with van der Waals surface area (Å²) in [6.45, 7) is 16.9. The van der Waals surface area contributed by atoms with Gasteiger partial charge in [-0.25, -0.2) is 9.59 Å². The number of ketones is 1. The van der Waals surface area contributed by atoms with E-state index in [1.807, 2.05) is 41.5 Å². The van der Waals surface area contributed by atoms with Gasteiger partial charge in [0.05, 0.1) is 54.8 Å². The normalized spacial score (nSPS) is 14.0. The molecule has 0 aliphatic carbocycles. The van der Waals surface area contributed by atoms with Crippen molar-refractivity contribution < 1.29 is 57.1 Å². The van der Waals surface area contributed by atoms with E-state index < -0.39 is 29.4 Å². The molecular formula is C48H55NO12. The Bertz CT molecular complexity index is 2420. The third kappa shape index (κ3) is 7.82. The van der Waals surface area contributed by atoms with E-state index in [4.69, 9.17) is 33.2 Å². The lowest BCUT2D eigenvalue weighted by Crippen LogP contribution is -2.41. The SMILES string of the molecule is CCOc1cc2c3c(cc(OCC)c4c5c(OCC)cc6c7c(cc(OCC)c(c1c34)c75)C(=O)N(CCCCOC(C)(C)C(=O)CCCCCOC(C)C)C6=O)C(=O)OC2=O. The fourth-order valence-electron chi connectivity index (χ4n) is 8.65. The summed E-state index contributed by atoms with van der Waals surface area (Å²) in [6, 6.07) is 6.50. The van der Waals surface area contributed by atoms with Gasteiger partial charge >= 0.3 is 11.9 Å². The number of unbranched alkanes of at least 4 members (excludes halogenated alkanes) is 3. The lowest BCUT2D eigenvalue weighted by Gasteiger charge is -2.31. The van der Waals surface area contributed by atoms with Crippen LogP contribution in [-0.2, 0) is 19.0 Å². The van der Waals surface area contributed by atoms with Gasteiger partial charge in [0, 0.05) is 69.3 Å². The second-order valence-corrected chi connectivity index (χ2v) is 16.1. The van der Waals surface area contributed by atoms with Gasteiger partial charge in [-0.15, -0.1) is 0 Å². The maximum atomic E-state index is 14.6. The fraction of sp³-hybridized carbons (Fsp3) is 0.479. The Balaban J connectivity index is 1.29. The number of nitrogens with zero attached hydrogens (tertiary/aromatic N) is 1. The first-order valence-electron chi connectivity index (χ1n) is 21.6. The smallest absolute Gasteiger partial charge is 0.346 e. The average molecular weight is 838 g/mol. The van der Waals surface area contributed by atoms with Crippen molar-refractivity contribution in [3.05, 3.63) is 46.5 Å². The van der Waals surface area contributed by atoms with Crippen molar-refractivity contribution >= 4 is 72.6 Å². The fourth-order valence-corrected chi connectivity index (χ4v) is 8.65. The standard InChI is InChI=1S/C48H55NO12/c1-9-55-31-22-27-36-28(45(52)49(44(27)51)19-15-17-21-60-48(7,8)35(50)18-14-13-16-20-59-26(5)6)23-32(56-10-2)39-41-34(58-12-4)25-30-37-29(46(53)61-47(30)54)24-33(57-11-3)40(43(37)41)38(31)42(36)39/h22-26H,9-21H2,1-8H3. The molecule has 13 heteroatoms. The van der Waals surface area contributed by atoms with E-state index in [-0.39, 0.29) is 73.7 Å². The summed E-state index contributed by atoms with van der Waals surface area (Å²) in [6.07, 6.45) is 4.14. The molecule has 13 nitrogen and oxygen atoms in total. The minimum Gasteiger partial charge on any atom is -0.493 e. The van der Waals surface area contributed by atoms with Gasteiger partial charge in [0.2, 0.25) is 0 Å². The zero-order chi connectivity index (χ0) is 43.7. The van der Waals surface area contributed by atoms with Crippen LogP contribution in [0.2, 0.25) is 0 Å². The van der Waals surface area contributed by atoms with Crippen LogP contribution in [0.25, 0.3) is 43.1 Å². The van der Waals surface area contributed by atoms with Crippen LogP contribution in [0.4, 0.5) is 0 Å². The molecule has 324 valence electrons. The van der Waals surface area contributed by atoms with Gasteiger partial charge in [-0.1, -0.05) is 6.42 Å². The number of cyclic esters (lactones) is 2. The molecule has 0 fully saturated rings. The van der Waals surface area contributed by atoms with E-state index in [0.717, 1.165) is 19.3 Å². The number of amides is 2. The summed E-state index contributed by atoms with van der Waals surface area (Å²) >= 11 is 0. The lowest BCUT2D eigenvalue weighted by atomic mass is 9.81. The summed E-state index contributed by atoms with van der Waals surface area (Å²) in [5.41, 5.74) is -0.0812. The van der Waals surface area contributed by atoms with Crippen LogP contribution >= 0.6 is 0 Å². The van der Waals surface area contributed by atoms with Crippen LogP contribution in [0, 0.1) is 0 Å². The molecule has 5 aromatic carbocycles. The quantitative estimate of drug-likeness (QED) is 0.0163. The molecule has 2 aliphatic rings. The van der Waals surface area contributed by atoms with Crippen molar-refractivity contribution in [2.24, 2.45) is 0 Å². The highest BCUT2D eigenvalue weighted by atomic mass is 16.6. The molecule has 0 aromatic heterocycles. The summed E-state index contributed by atoms with van der Waals surface area (Å²) in [7, 11) is 0. The van der Waals surface area contributed by atoms with Crippen LogP contribution < -0.4 is 18.9 Å². The van der Waals surface area contributed by atoms with E-state index in [1.165, 1.54) is 4.90 Å². The van der Waals surface area contributed by atoms with Gasteiger partial charge < -0.3 is 33.2 Å². The first kappa shape index (κ1) is 43.6. The molecule has 0 unspecified atom stereocenters. The highest BCUT2D eigenvalue weighted by Crippen LogP contribution is 2.56. The number of Topliss-reactive ketones (excluding diaryl/α,β-unsaturated/α-hetero) is 1. The van der Waals surface area contributed by atoms with Crippen molar-refractivity contribution in [3.8, 4) is 23.0 Å². The van der Waals surface area contributed by atoms with E-state index in [0.29, 0.717) is 92.0 Å². The van der Waals surface area contributed by atoms with Crippen LogP contribution in [0.1, 0.15) is 135 Å². The third-order valence-electron chi connectivity index (χ3n) is 11.4. The van der Waals surface area contributed by atoms with Crippen molar-refractivity contribution in [2.45, 2.75) is 106 Å². The lowest BCUT2D eigenvalue weighted by molar-refractivity contribution is -0.140.